The molecule has 2 aromatic rings. The van der Waals surface area contributed by atoms with Crippen molar-refractivity contribution in [3.05, 3.63) is 30.1 Å². The molecule has 0 saturated heterocycles. The van der Waals surface area contributed by atoms with Crippen molar-refractivity contribution in [2.24, 2.45) is 0 Å². The second-order valence-corrected chi connectivity index (χ2v) is 5.93. The maximum Gasteiger partial charge on any atom is 0.346 e. The number of carbonyl (C=O) groups excluding carboxylic acids is 1. The van der Waals surface area contributed by atoms with Crippen molar-refractivity contribution < 1.29 is 18.3 Å². The molecule has 2 rings (SSSR count). The van der Waals surface area contributed by atoms with E-state index in [4.69, 9.17) is 4.74 Å². The van der Waals surface area contributed by atoms with Crippen LogP contribution in [0.4, 0.5) is 16.4 Å². The Bertz CT molecular complexity index is 775. The fraction of sp³-hybridized carbons (Fsp3) is 0.400. The van der Waals surface area contributed by atoms with Crippen molar-refractivity contribution in [2.75, 3.05) is 24.5 Å². The first-order chi connectivity index (χ1) is 11.9. The Labute approximate surface area is 148 Å². The highest BCUT2D eigenvalue weighted by Crippen LogP contribution is 2.33. The van der Waals surface area contributed by atoms with Gasteiger partial charge in [-0.2, -0.15) is 9.67 Å². The number of aryl methyl sites for hydroxylation is 1. The third-order valence-corrected chi connectivity index (χ3v) is 4.25. The summed E-state index contributed by atoms with van der Waals surface area (Å²) in [5, 5.41) is 4.02. The first kappa shape index (κ1) is 18.9. The van der Waals surface area contributed by atoms with E-state index in [1.165, 1.54) is 13.4 Å². The number of hydrogen-bond donors (Lipinski definition) is 0. The van der Waals surface area contributed by atoms with Gasteiger partial charge in [-0.15, -0.1) is 5.10 Å². The first-order valence-corrected chi connectivity index (χ1v) is 8.71. The van der Waals surface area contributed by atoms with Crippen LogP contribution < -0.4 is 9.04 Å². The van der Waals surface area contributed by atoms with Gasteiger partial charge in [-0.3, -0.25) is 4.21 Å². The van der Waals surface area contributed by atoms with Crippen LogP contribution in [0.25, 0.3) is 0 Å². The van der Waals surface area contributed by atoms with Crippen LogP contribution in [0.1, 0.15) is 19.4 Å². The Morgan fingerprint density at radius 1 is 1.36 bits per heavy atom. The zero-order valence-corrected chi connectivity index (χ0v) is 15.3. The van der Waals surface area contributed by atoms with E-state index in [1.54, 1.807) is 23.1 Å². The minimum atomic E-state index is -2.70. The Morgan fingerprint density at radius 2 is 2.04 bits per heavy atom. The summed E-state index contributed by atoms with van der Waals surface area (Å²) in [5.74, 6) is 0.207. The van der Waals surface area contributed by atoms with Gasteiger partial charge < -0.3 is 14.2 Å². The lowest BCUT2D eigenvalue weighted by molar-refractivity contribution is 0.201. The van der Waals surface area contributed by atoms with Crippen molar-refractivity contribution in [2.45, 2.75) is 20.8 Å². The zero-order chi connectivity index (χ0) is 18.6. The van der Waals surface area contributed by atoms with E-state index in [2.05, 4.69) is 10.1 Å². The molecule has 1 heterocycles. The highest BCUT2D eigenvalue weighted by molar-refractivity contribution is 7.81. The smallest absolute Gasteiger partial charge is 0.346 e. The number of methoxy groups -OCH3 is 1. The molecule has 1 aromatic carbocycles. The summed E-state index contributed by atoms with van der Waals surface area (Å²) >= 11 is -2.70. The molecule has 0 aliphatic rings. The van der Waals surface area contributed by atoms with Crippen molar-refractivity contribution in [3.63, 3.8) is 0 Å². The lowest BCUT2D eigenvalue weighted by atomic mass is 10.2. The van der Waals surface area contributed by atoms with Crippen LogP contribution in [0.2, 0.25) is 0 Å². The minimum Gasteiger partial charge on any atom is -0.755 e. The van der Waals surface area contributed by atoms with E-state index in [0.29, 0.717) is 18.8 Å². The standard InChI is InChI=1S/C15H21N5O4S/c1-5-18(6-2)15(21)19-10-16-14(17-19)20(25(22)23)12-9-11(3)7-8-13(12)24-4/h7-10H,5-6H2,1-4H3,(H,22,23)/p-1. The normalized spacial score (nSPS) is 11.9. The van der Waals surface area contributed by atoms with Crippen molar-refractivity contribution >= 4 is 28.9 Å². The molecule has 0 N–H and O–H groups in total. The predicted molar refractivity (Wildman–Crippen MR) is 92.5 cm³/mol. The fourth-order valence-corrected chi connectivity index (χ4v) is 2.81. The molecule has 0 aliphatic heterocycles. The van der Waals surface area contributed by atoms with Crippen LogP contribution in [0.15, 0.2) is 24.5 Å². The monoisotopic (exact) mass is 366 g/mol. The molecule has 1 amide bonds. The van der Waals surface area contributed by atoms with Gasteiger partial charge in [0.05, 0.1) is 24.1 Å². The maximum atomic E-state index is 12.3. The van der Waals surface area contributed by atoms with Crippen LogP contribution in [-0.2, 0) is 11.3 Å². The quantitative estimate of drug-likeness (QED) is 0.723. The van der Waals surface area contributed by atoms with Crippen molar-refractivity contribution in [3.8, 4) is 5.75 Å². The zero-order valence-electron chi connectivity index (χ0n) is 14.5. The average Bonchev–Trinajstić information content (AvgIpc) is 3.05. The molecule has 0 saturated carbocycles. The fourth-order valence-electron chi connectivity index (χ4n) is 2.29. The van der Waals surface area contributed by atoms with E-state index in [0.717, 1.165) is 14.6 Å². The molecule has 25 heavy (non-hydrogen) atoms. The van der Waals surface area contributed by atoms with Crippen LogP contribution >= 0.6 is 0 Å². The van der Waals surface area contributed by atoms with Crippen LogP contribution in [-0.4, -0.2) is 54.7 Å². The van der Waals surface area contributed by atoms with E-state index >= 15 is 0 Å². The molecule has 0 aliphatic carbocycles. The molecular formula is C15H20N5O4S-. The molecule has 0 fully saturated rings. The summed E-state index contributed by atoms with van der Waals surface area (Å²) in [6.07, 6.45) is 1.19. The number of amides is 1. The molecule has 10 heteroatoms. The molecule has 136 valence electrons. The van der Waals surface area contributed by atoms with Crippen LogP contribution in [0.5, 0.6) is 5.75 Å². The van der Waals surface area contributed by atoms with Gasteiger partial charge in [-0.25, -0.2) is 9.10 Å². The number of carbonyl (C=O) groups is 1. The Morgan fingerprint density at radius 3 is 2.60 bits per heavy atom. The molecular weight excluding hydrogens is 346 g/mol. The number of rotatable bonds is 6. The molecule has 1 atom stereocenters. The van der Waals surface area contributed by atoms with E-state index in [1.807, 2.05) is 20.8 Å². The number of aromatic nitrogens is 3. The van der Waals surface area contributed by atoms with Gasteiger partial charge in [0.1, 0.15) is 12.1 Å². The molecule has 0 bridgehead atoms. The maximum absolute atomic E-state index is 12.3. The molecule has 9 nitrogen and oxygen atoms in total. The summed E-state index contributed by atoms with van der Waals surface area (Å²) in [6.45, 7) is 6.53. The number of nitrogens with zero attached hydrogens (tertiary/aromatic N) is 5. The van der Waals surface area contributed by atoms with Crippen molar-refractivity contribution in [1.82, 2.24) is 19.7 Å². The largest absolute Gasteiger partial charge is 0.755 e. The summed E-state index contributed by atoms with van der Waals surface area (Å²) in [4.78, 5) is 17.8. The lowest BCUT2D eigenvalue weighted by Gasteiger charge is -2.25. The van der Waals surface area contributed by atoms with Gasteiger partial charge in [-0.1, -0.05) is 6.07 Å². The Kier molecular flexibility index (Phi) is 6.10. The van der Waals surface area contributed by atoms with Gasteiger partial charge in [0.25, 0.3) is 5.95 Å². The SMILES string of the molecule is CCN(CC)C(=O)n1cnc(N(c2cc(C)ccc2OC)S(=O)[O-])n1. The number of ether oxygens (including phenoxy) is 1. The third kappa shape index (κ3) is 3.97. The van der Waals surface area contributed by atoms with Crippen LogP contribution in [0.3, 0.4) is 0 Å². The van der Waals surface area contributed by atoms with E-state index in [9.17, 15) is 13.6 Å². The minimum absolute atomic E-state index is 0.141. The van der Waals surface area contributed by atoms with E-state index < -0.39 is 11.3 Å². The predicted octanol–water partition coefficient (Wildman–Crippen LogP) is 1.84. The lowest BCUT2D eigenvalue weighted by Crippen LogP contribution is -2.34. The average molecular weight is 366 g/mol. The van der Waals surface area contributed by atoms with Crippen molar-refractivity contribution in [1.29, 1.82) is 0 Å². The third-order valence-electron chi connectivity index (χ3n) is 3.59. The Balaban J connectivity index is 2.45. The van der Waals surface area contributed by atoms with Crippen LogP contribution in [0, 0.1) is 6.92 Å². The summed E-state index contributed by atoms with van der Waals surface area (Å²) < 4.78 is 30.7. The van der Waals surface area contributed by atoms with Gasteiger partial charge in [0.2, 0.25) is 0 Å². The molecule has 1 unspecified atom stereocenters. The highest BCUT2D eigenvalue weighted by atomic mass is 32.2. The molecule has 0 radical (unpaired) electrons. The van der Waals surface area contributed by atoms with Gasteiger partial charge >= 0.3 is 6.03 Å². The molecule has 0 spiro atoms. The first-order valence-electron chi connectivity index (χ1n) is 7.68. The second-order valence-electron chi connectivity index (χ2n) is 5.13. The van der Waals surface area contributed by atoms with Gasteiger partial charge in [-0.05, 0) is 38.5 Å². The van der Waals surface area contributed by atoms with Gasteiger partial charge in [0, 0.05) is 13.1 Å². The number of hydrogen-bond acceptors (Lipinski definition) is 6. The Hall–Kier alpha value is -2.46. The topological polar surface area (TPSA) is 104 Å². The summed E-state index contributed by atoms with van der Waals surface area (Å²) in [5.41, 5.74) is 1.11. The van der Waals surface area contributed by atoms with E-state index in [-0.39, 0.29) is 17.7 Å². The number of benzene rings is 1. The summed E-state index contributed by atoms with van der Waals surface area (Å²) in [6, 6.07) is 4.71. The second kappa shape index (κ2) is 8.08. The summed E-state index contributed by atoms with van der Waals surface area (Å²) in [7, 11) is 1.44. The van der Waals surface area contributed by atoms with Gasteiger partial charge in [0.15, 0.2) is 0 Å². The molecule has 1 aromatic heterocycles. The highest BCUT2D eigenvalue weighted by Gasteiger charge is 2.22. The number of anilines is 2.